The highest BCUT2D eigenvalue weighted by atomic mass is 16.5. The molecule has 0 aliphatic rings. The molecule has 0 aromatic heterocycles. The van der Waals surface area contributed by atoms with Crippen LogP contribution in [0.2, 0.25) is 0 Å². The second-order valence-corrected chi connectivity index (χ2v) is 3.67. The van der Waals surface area contributed by atoms with Gasteiger partial charge in [-0.25, -0.2) is 4.79 Å². The average molecular weight is 217 g/mol. The van der Waals surface area contributed by atoms with Crippen LogP contribution in [0.5, 0.6) is 0 Å². The van der Waals surface area contributed by atoms with E-state index in [4.69, 9.17) is 9.84 Å². The third-order valence-corrected chi connectivity index (χ3v) is 2.02. The molecule has 5 heteroatoms. The van der Waals surface area contributed by atoms with Crippen molar-refractivity contribution in [2.45, 2.75) is 39.8 Å². The van der Waals surface area contributed by atoms with E-state index in [2.05, 4.69) is 5.32 Å². The number of aliphatic carboxylic acids is 1. The minimum Gasteiger partial charge on any atom is -0.480 e. The zero-order valence-electron chi connectivity index (χ0n) is 9.61. The largest absolute Gasteiger partial charge is 0.480 e. The number of ether oxygens (including phenoxy) is 1. The summed E-state index contributed by atoms with van der Waals surface area (Å²) < 4.78 is 5.06. The number of nitrogens with one attached hydrogen (secondary N) is 1. The van der Waals surface area contributed by atoms with E-state index in [-0.39, 0.29) is 5.92 Å². The van der Waals surface area contributed by atoms with Crippen LogP contribution in [-0.4, -0.2) is 35.7 Å². The highest BCUT2D eigenvalue weighted by Crippen LogP contribution is 2.02. The van der Waals surface area contributed by atoms with Gasteiger partial charge in [-0.15, -0.1) is 0 Å². The van der Waals surface area contributed by atoms with Crippen LogP contribution in [0.4, 0.5) is 0 Å². The zero-order chi connectivity index (χ0) is 12.0. The van der Waals surface area contributed by atoms with Crippen molar-refractivity contribution in [1.82, 2.24) is 5.32 Å². The third kappa shape index (κ3) is 4.78. The van der Waals surface area contributed by atoms with Gasteiger partial charge in [-0.2, -0.15) is 0 Å². The van der Waals surface area contributed by atoms with Crippen molar-refractivity contribution in [2.75, 3.05) is 6.61 Å². The summed E-state index contributed by atoms with van der Waals surface area (Å²) in [4.78, 5) is 22.3. The summed E-state index contributed by atoms with van der Waals surface area (Å²) >= 11 is 0. The van der Waals surface area contributed by atoms with Crippen molar-refractivity contribution < 1.29 is 19.4 Å². The van der Waals surface area contributed by atoms with Gasteiger partial charge in [-0.3, -0.25) is 4.79 Å². The van der Waals surface area contributed by atoms with Crippen molar-refractivity contribution in [1.29, 1.82) is 0 Å². The number of hydrogen-bond acceptors (Lipinski definition) is 3. The molecule has 0 spiro atoms. The Kier molecular flexibility index (Phi) is 5.93. The Hall–Kier alpha value is -1.10. The number of hydrogen-bond donors (Lipinski definition) is 2. The van der Waals surface area contributed by atoms with E-state index < -0.39 is 24.0 Å². The maximum absolute atomic E-state index is 11.5. The lowest BCUT2D eigenvalue weighted by atomic mass is 10.0. The highest BCUT2D eigenvalue weighted by Gasteiger charge is 2.25. The van der Waals surface area contributed by atoms with Crippen LogP contribution in [0.1, 0.15) is 27.7 Å². The van der Waals surface area contributed by atoms with E-state index in [0.29, 0.717) is 6.61 Å². The van der Waals surface area contributed by atoms with Gasteiger partial charge < -0.3 is 15.2 Å². The fourth-order valence-electron chi connectivity index (χ4n) is 1.11. The van der Waals surface area contributed by atoms with Crippen LogP contribution >= 0.6 is 0 Å². The number of amides is 1. The second-order valence-electron chi connectivity index (χ2n) is 3.67. The second kappa shape index (κ2) is 6.40. The Balaban J connectivity index is 4.29. The van der Waals surface area contributed by atoms with E-state index in [0.717, 1.165) is 0 Å². The zero-order valence-corrected chi connectivity index (χ0v) is 9.61. The molecule has 0 aliphatic heterocycles. The number of carboxylic acid groups (broad SMARTS) is 1. The van der Waals surface area contributed by atoms with E-state index >= 15 is 0 Å². The first-order chi connectivity index (χ1) is 6.90. The smallest absolute Gasteiger partial charge is 0.326 e. The Bertz CT molecular complexity index is 227. The third-order valence-electron chi connectivity index (χ3n) is 2.02. The van der Waals surface area contributed by atoms with Gasteiger partial charge in [0.2, 0.25) is 5.91 Å². The van der Waals surface area contributed by atoms with Gasteiger partial charge in [0.05, 0.1) is 0 Å². The Morgan fingerprint density at radius 3 is 2.20 bits per heavy atom. The molecule has 5 nitrogen and oxygen atoms in total. The fourth-order valence-corrected chi connectivity index (χ4v) is 1.11. The molecule has 1 amide bonds. The lowest BCUT2D eigenvalue weighted by Crippen LogP contribution is -2.48. The van der Waals surface area contributed by atoms with Gasteiger partial charge >= 0.3 is 5.97 Å². The summed E-state index contributed by atoms with van der Waals surface area (Å²) in [5.74, 6) is -1.57. The predicted molar refractivity (Wildman–Crippen MR) is 55.5 cm³/mol. The Morgan fingerprint density at radius 1 is 1.33 bits per heavy atom. The van der Waals surface area contributed by atoms with Crippen LogP contribution < -0.4 is 5.32 Å². The minimum atomic E-state index is -1.03. The topological polar surface area (TPSA) is 75.6 Å². The van der Waals surface area contributed by atoms with E-state index in [1.807, 2.05) is 0 Å². The first-order valence-electron chi connectivity index (χ1n) is 5.04. The molecule has 0 radical (unpaired) electrons. The maximum Gasteiger partial charge on any atom is 0.326 e. The molecule has 2 unspecified atom stereocenters. The molecule has 2 atom stereocenters. The van der Waals surface area contributed by atoms with E-state index in [1.54, 1.807) is 27.7 Å². The number of carbonyl (C=O) groups excluding carboxylic acids is 1. The lowest BCUT2D eigenvalue weighted by molar-refractivity contribution is -0.145. The van der Waals surface area contributed by atoms with Crippen LogP contribution in [0.3, 0.4) is 0 Å². The maximum atomic E-state index is 11.5. The SMILES string of the molecule is CCOC(C)C(=O)NC(C(=O)O)C(C)C. The minimum absolute atomic E-state index is 0.153. The molecule has 15 heavy (non-hydrogen) atoms. The quantitative estimate of drug-likeness (QED) is 0.684. The molecule has 0 bridgehead atoms. The summed E-state index contributed by atoms with van der Waals surface area (Å²) in [6, 6.07) is -0.861. The molecule has 0 rings (SSSR count). The summed E-state index contributed by atoms with van der Waals surface area (Å²) in [5, 5.41) is 11.3. The van der Waals surface area contributed by atoms with E-state index in [9.17, 15) is 9.59 Å². The fraction of sp³-hybridized carbons (Fsp3) is 0.800. The predicted octanol–water partition coefficient (Wildman–Crippen LogP) is 0.637. The van der Waals surface area contributed by atoms with Gasteiger partial charge in [-0.1, -0.05) is 13.8 Å². The van der Waals surface area contributed by atoms with Crippen molar-refractivity contribution in [2.24, 2.45) is 5.92 Å². The summed E-state index contributed by atoms with van der Waals surface area (Å²) in [7, 11) is 0. The molecule has 0 aromatic carbocycles. The summed E-state index contributed by atoms with van der Waals surface area (Å²) in [6.45, 7) is 7.28. The van der Waals surface area contributed by atoms with Crippen LogP contribution in [0.15, 0.2) is 0 Å². The van der Waals surface area contributed by atoms with Crippen LogP contribution in [0.25, 0.3) is 0 Å². The number of rotatable bonds is 6. The first-order valence-corrected chi connectivity index (χ1v) is 5.04. The van der Waals surface area contributed by atoms with Crippen molar-refractivity contribution in [3.05, 3.63) is 0 Å². The Morgan fingerprint density at radius 2 is 1.87 bits per heavy atom. The van der Waals surface area contributed by atoms with Gasteiger partial charge in [0.15, 0.2) is 0 Å². The summed E-state index contributed by atoms with van der Waals surface area (Å²) in [6.07, 6.45) is -0.615. The van der Waals surface area contributed by atoms with Crippen molar-refractivity contribution >= 4 is 11.9 Å². The highest BCUT2D eigenvalue weighted by molar-refractivity contribution is 5.86. The molecule has 2 N–H and O–H groups in total. The molecule has 0 saturated heterocycles. The molecule has 0 fully saturated rings. The van der Waals surface area contributed by atoms with Crippen molar-refractivity contribution in [3.63, 3.8) is 0 Å². The monoisotopic (exact) mass is 217 g/mol. The average Bonchev–Trinajstić information content (AvgIpc) is 2.12. The molecule has 88 valence electrons. The molecular formula is C10H19NO4. The molecule has 0 aromatic rings. The lowest BCUT2D eigenvalue weighted by Gasteiger charge is -2.20. The van der Waals surface area contributed by atoms with Gasteiger partial charge in [0.25, 0.3) is 0 Å². The first kappa shape index (κ1) is 13.9. The van der Waals surface area contributed by atoms with Gasteiger partial charge in [0, 0.05) is 6.61 Å². The standard InChI is InChI=1S/C10H19NO4/c1-5-15-7(4)9(12)11-8(6(2)3)10(13)14/h6-8H,5H2,1-4H3,(H,11,12)(H,13,14). The van der Waals surface area contributed by atoms with Crippen molar-refractivity contribution in [3.8, 4) is 0 Å². The molecular weight excluding hydrogens is 198 g/mol. The number of carboxylic acids is 1. The van der Waals surface area contributed by atoms with Crippen LogP contribution in [-0.2, 0) is 14.3 Å². The molecule has 0 aliphatic carbocycles. The molecule has 0 heterocycles. The normalized spacial score (nSPS) is 14.7. The van der Waals surface area contributed by atoms with Crippen LogP contribution in [0, 0.1) is 5.92 Å². The Labute approximate surface area is 89.8 Å². The van der Waals surface area contributed by atoms with E-state index in [1.165, 1.54) is 0 Å². The molecule has 0 saturated carbocycles. The summed E-state index contributed by atoms with van der Waals surface area (Å²) in [5.41, 5.74) is 0. The van der Waals surface area contributed by atoms with Gasteiger partial charge in [0.1, 0.15) is 12.1 Å². The van der Waals surface area contributed by atoms with Gasteiger partial charge in [-0.05, 0) is 19.8 Å². The number of carbonyl (C=O) groups is 2.